The van der Waals surface area contributed by atoms with E-state index in [9.17, 15) is 4.79 Å². The molecule has 0 bridgehead atoms. The molecule has 2 atom stereocenters. The van der Waals surface area contributed by atoms with E-state index in [0.717, 1.165) is 11.8 Å². The minimum absolute atomic E-state index is 0.146. The molecule has 2 aliphatic carbocycles. The van der Waals surface area contributed by atoms with Gasteiger partial charge in [-0.1, -0.05) is 25.5 Å². The van der Waals surface area contributed by atoms with Gasteiger partial charge >= 0.3 is 0 Å². The Bertz CT molecular complexity index is 344. The third-order valence-corrected chi connectivity index (χ3v) is 3.90. The van der Waals surface area contributed by atoms with Crippen molar-refractivity contribution in [3.8, 4) is 0 Å². The zero-order valence-electron chi connectivity index (χ0n) is 9.42. The second-order valence-electron chi connectivity index (χ2n) is 5.29. The molecule has 2 aliphatic rings. The normalized spacial score (nSPS) is 33.7. The SMILES string of the molecule is CC(=O)/C=C/C1=C(C)C[C@H]2[C@@H]1C2(C)C. The molecule has 14 heavy (non-hydrogen) atoms. The summed E-state index contributed by atoms with van der Waals surface area (Å²) < 4.78 is 0. The fraction of sp³-hybridized carbons (Fsp3) is 0.615. The quantitative estimate of drug-likeness (QED) is 0.611. The van der Waals surface area contributed by atoms with Crippen molar-refractivity contribution >= 4 is 5.78 Å². The molecule has 1 saturated carbocycles. The molecule has 0 aromatic carbocycles. The highest BCUT2D eigenvalue weighted by Crippen LogP contribution is 2.68. The van der Waals surface area contributed by atoms with Crippen LogP contribution in [0.1, 0.15) is 34.1 Å². The summed E-state index contributed by atoms with van der Waals surface area (Å²) in [6.45, 7) is 8.46. The van der Waals surface area contributed by atoms with Crippen LogP contribution in [-0.4, -0.2) is 5.78 Å². The van der Waals surface area contributed by atoms with E-state index in [4.69, 9.17) is 0 Å². The molecule has 76 valence electrons. The van der Waals surface area contributed by atoms with Gasteiger partial charge in [0, 0.05) is 0 Å². The monoisotopic (exact) mass is 190 g/mol. The van der Waals surface area contributed by atoms with Crippen LogP contribution in [0.4, 0.5) is 0 Å². The second-order valence-corrected chi connectivity index (χ2v) is 5.29. The fourth-order valence-electron chi connectivity index (χ4n) is 2.91. The first-order chi connectivity index (χ1) is 6.44. The Labute approximate surface area is 85.9 Å². The molecule has 0 aromatic heterocycles. The number of carbonyl (C=O) groups is 1. The highest BCUT2D eigenvalue weighted by atomic mass is 16.1. The first-order valence-electron chi connectivity index (χ1n) is 5.33. The van der Waals surface area contributed by atoms with Gasteiger partial charge in [0.25, 0.3) is 0 Å². The smallest absolute Gasteiger partial charge is 0.152 e. The summed E-state index contributed by atoms with van der Waals surface area (Å²) in [4.78, 5) is 10.9. The molecule has 0 N–H and O–H groups in total. The van der Waals surface area contributed by atoms with E-state index in [1.165, 1.54) is 17.6 Å². The molecule has 0 aliphatic heterocycles. The summed E-state index contributed by atoms with van der Waals surface area (Å²) in [5, 5.41) is 0. The average molecular weight is 190 g/mol. The number of rotatable bonds is 2. The van der Waals surface area contributed by atoms with Crippen LogP contribution in [0.5, 0.6) is 0 Å². The Hall–Kier alpha value is -0.850. The standard InChI is InChI=1S/C13H18O/c1-8-7-11-12(13(11,3)4)10(8)6-5-9(2)14/h5-6,11-12H,7H2,1-4H3/b6-5+/t11-,12+/m0/s1. The number of carbonyl (C=O) groups excluding carboxylic acids is 1. The molecule has 0 heterocycles. The van der Waals surface area contributed by atoms with Crippen molar-refractivity contribution in [2.75, 3.05) is 0 Å². The molecule has 1 heteroatoms. The molecular weight excluding hydrogens is 172 g/mol. The van der Waals surface area contributed by atoms with Crippen molar-refractivity contribution in [3.05, 3.63) is 23.3 Å². The highest BCUT2D eigenvalue weighted by molar-refractivity contribution is 5.87. The van der Waals surface area contributed by atoms with Gasteiger partial charge in [-0.2, -0.15) is 0 Å². The van der Waals surface area contributed by atoms with Crippen LogP contribution in [0.15, 0.2) is 23.3 Å². The maximum Gasteiger partial charge on any atom is 0.152 e. The zero-order valence-corrected chi connectivity index (χ0v) is 9.42. The Kier molecular flexibility index (Phi) is 1.95. The molecule has 1 fully saturated rings. The Morgan fingerprint density at radius 3 is 2.64 bits per heavy atom. The van der Waals surface area contributed by atoms with Crippen LogP contribution < -0.4 is 0 Å². The molecular formula is C13H18O. The van der Waals surface area contributed by atoms with Gasteiger partial charge < -0.3 is 0 Å². The number of allylic oxidation sites excluding steroid dienone is 4. The third kappa shape index (κ3) is 1.26. The lowest BCUT2D eigenvalue weighted by atomic mass is 9.95. The van der Waals surface area contributed by atoms with E-state index < -0.39 is 0 Å². The minimum Gasteiger partial charge on any atom is -0.295 e. The average Bonchev–Trinajstić information content (AvgIpc) is 2.45. The molecule has 0 amide bonds. The van der Waals surface area contributed by atoms with Crippen molar-refractivity contribution in [1.29, 1.82) is 0 Å². The van der Waals surface area contributed by atoms with Crippen molar-refractivity contribution in [1.82, 2.24) is 0 Å². The van der Waals surface area contributed by atoms with E-state index in [-0.39, 0.29) is 5.78 Å². The lowest BCUT2D eigenvalue weighted by Gasteiger charge is -2.10. The summed E-state index contributed by atoms with van der Waals surface area (Å²) >= 11 is 0. The molecule has 0 radical (unpaired) electrons. The van der Waals surface area contributed by atoms with Crippen LogP contribution in [0, 0.1) is 17.3 Å². The van der Waals surface area contributed by atoms with Crippen LogP contribution >= 0.6 is 0 Å². The van der Waals surface area contributed by atoms with Crippen LogP contribution in [-0.2, 0) is 4.79 Å². The predicted octanol–water partition coefficient (Wildman–Crippen LogP) is 3.12. The first-order valence-corrected chi connectivity index (χ1v) is 5.33. The van der Waals surface area contributed by atoms with Crippen LogP contribution in [0.2, 0.25) is 0 Å². The third-order valence-electron chi connectivity index (χ3n) is 3.90. The zero-order chi connectivity index (χ0) is 10.5. The van der Waals surface area contributed by atoms with Gasteiger partial charge in [-0.05, 0) is 49.2 Å². The van der Waals surface area contributed by atoms with Crippen molar-refractivity contribution in [2.24, 2.45) is 17.3 Å². The van der Waals surface area contributed by atoms with Crippen molar-refractivity contribution in [2.45, 2.75) is 34.1 Å². The fourth-order valence-corrected chi connectivity index (χ4v) is 2.91. The molecule has 1 nitrogen and oxygen atoms in total. The number of hydrogen-bond donors (Lipinski definition) is 0. The van der Waals surface area contributed by atoms with Gasteiger partial charge in [-0.3, -0.25) is 4.79 Å². The molecule has 0 aromatic rings. The van der Waals surface area contributed by atoms with Gasteiger partial charge in [0.05, 0.1) is 0 Å². The minimum atomic E-state index is 0.146. The Morgan fingerprint density at radius 1 is 1.50 bits per heavy atom. The van der Waals surface area contributed by atoms with E-state index in [1.54, 1.807) is 13.0 Å². The Morgan fingerprint density at radius 2 is 2.14 bits per heavy atom. The summed E-state index contributed by atoms with van der Waals surface area (Å²) in [7, 11) is 0. The topological polar surface area (TPSA) is 17.1 Å². The summed E-state index contributed by atoms with van der Waals surface area (Å²) in [6, 6.07) is 0. The predicted molar refractivity (Wildman–Crippen MR) is 57.9 cm³/mol. The van der Waals surface area contributed by atoms with Gasteiger partial charge in [0.1, 0.15) is 0 Å². The summed E-state index contributed by atoms with van der Waals surface area (Å²) in [5.41, 5.74) is 3.39. The second kappa shape index (κ2) is 2.82. The molecule has 2 rings (SSSR count). The molecule has 0 spiro atoms. The summed E-state index contributed by atoms with van der Waals surface area (Å²) in [6.07, 6.45) is 4.97. The Balaban J connectivity index is 2.19. The van der Waals surface area contributed by atoms with E-state index in [0.29, 0.717) is 5.41 Å². The van der Waals surface area contributed by atoms with Crippen molar-refractivity contribution < 1.29 is 4.79 Å². The first kappa shape index (κ1) is 9.70. The van der Waals surface area contributed by atoms with E-state index in [2.05, 4.69) is 20.8 Å². The van der Waals surface area contributed by atoms with Crippen molar-refractivity contribution in [3.63, 3.8) is 0 Å². The maximum absolute atomic E-state index is 10.9. The van der Waals surface area contributed by atoms with Gasteiger partial charge in [-0.25, -0.2) is 0 Å². The van der Waals surface area contributed by atoms with E-state index in [1.807, 2.05) is 6.08 Å². The number of ketones is 1. The number of fused-ring (bicyclic) bond motifs is 1. The van der Waals surface area contributed by atoms with Crippen LogP contribution in [0.25, 0.3) is 0 Å². The van der Waals surface area contributed by atoms with Crippen LogP contribution in [0.3, 0.4) is 0 Å². The number of hydrogen-bond acceptors (Lipinski definition) is 1. The largest absolute Gasteiger partial charge is 0.295 e. The summed E-state index contributed by atoms with van der Waals surface area (Å²) in [5.74, 6) is 1.71. The highest BCUT2D eigenvalue weighted by Gasteiger charge is 2.61. The molecule has 0 saturated heterocycles. The lowest BCUT2D eigenvalue weighted by molar-refractivity contribution is -0.112. The molecule has 0 unspecified atom stereocenters. The lowest BCUT2D eigenvalue weighted by Crippen LogP contribution is -1.98. The van der Waals surface area contributed by atoms with E-state index >= 15 is 0 Å². The van der Waals surface area contributed by atoms with Gasteiger partial charge in [-0.15, -0.1) is 0 Å². The van der Waals surface area contributed by atoms with Gasteiger partial charge in [0.2, 0.25) is 0 Å². The van der Waals surface area contributed by atoms with Gasteiger partial charge in [0.15, 0.2) is 5.78 Å². The maximum atomic E-state index is 10.9.